The monoisotopic (exact) mass is 188 g/mol. The van der Waals surface area contributed by atoms with E-state index in [0.717, 1.165) is 0 Å². The summed E-state index contributed by atoms with van der Waals surface area (Å²) in [5.41, 5.74) is 2.68. The van der Waals surface area contributed by atoms with E-state index in [9.17, 15) is 0 Å². The number of rotatable bonds is 0. The van der Waals surface area contributed by atoms with Crippen molar-refractivity contribution in [2.24, 2.45) is 7.05 Å². The summed E-state index contributed by atoms with van der Waals surface area (Å²) < 4.78 is 2.11. The Balaban J connectivity index is 2.79. The molecule has 2 aromatic heterocycles. The van der Waals surface area contributed by atoms with E-state index in [1.165, 1.54) is 16.5 Å². The third-order valence-corrected chi connectivity index (χ3v) is 2.62. The molecule has 0 amide bonds. The summed E-state index contributed by atoms with van der Waals surface area (Å²) in [5, 5.41) is 1.31. The smallest absolute Gasteiger partial charge is 0.0667 e. The van der Waals surface area contributed by atoms with Gasteiger partial charge < -0.3 is 4.57 Å². The minimum absolute atomic E-state index is 0.161. The Bertz CT molecular complexity index is 461. The lowest BCUT2D eigenvalue weighted by Gasteiger charge is -2.19. The Morgan fingerprint density at radius 1 is 1.21 bits per heavy atom. The summed E-state index contributed by atoms with van der Waals surface area (Å²) in [4.78, 5) is 4.29. The Hall–Kier alpha value is -1.31. The number of pyridine rings is 1. The molecule has 0 fully saturated rings. The van der Waals surface area contributed by atoms with Crippen molar-refractivity contribution in [3.63, 3.8) is 0 Å². The van der Waals surface area contributed by atoms with Gasteiger partial charge in [0.15, 0.2) is 0 Å². The fraction of sp³-hybridized carbons (Fsp3) is 0.417. The van der Waals surface area contributed by atoms with Crippen molar-refractivity contribution in [3.05, 3.63) is 30.2 Å². The highest BCUT2D eigenvalue weighted by molar-refractivity contribution is 5.83. The predicted octanol–water partition coefficient (Wildman–Crippen LogP) is 2.87. The summed E-state index contributed by atoms with van der Waals surface area (Å²) in [6, 6.07) is 2.16. The van der Waals surface area contributed by atoms with Gasteiger partial charge in [-0.25, -0.2) is 0 Å². The molecule has 0 aromatic carbocycles. The Kier molecular flexibility index (Phi) is 1.88. The molecule has 0 aliphatic heterocycles. The lowest BCUT2D eigenvalue weighted by molar-refractivity contribution is 0.593. The first-order chi connectivity index (χ1) is 6.50. The van der Waals surface area contributed by atoms with Crippen LogP contribution in [0.3, 0.4) is 0 Å². The number of hydrogen-bond acceptors (Lipinski definition) is 1. The van der Waals surface area contributed by atoms with Crippen molar-refractivity contribution < 1.29 is 0 Å². The van der Waals surface area contributed by atoms with E-state index in [4.69, 9.17) is 0 Å². The maximum atomic E-state index is 4.29. The quantitative estimate of drug-likeness (QED) is 0.621. The Morgan fingerprint density at radius 3 is 2.57 bits per heavy atom. The van der Waals surface area contributed by atoms with Gasteiger partial charge in [-0.1, -0.05) is 20.8 Å². The van der Waals surface area contributed by atoms with E-state index in [0.29, 0.717) is 0 Å². The lowest BCUT2D eigenvalue weighted by atomic mass is 9.86. The topological polar surface area (TPSA) is 17.8 Å². The molecule has 0 saturated heterocycles. The second kappa shape index (κ2) is 2.84. The Morgan fingerprint density at radius 2 is 1.93 bits per heavy atom. The molecule has 0 aliphatic carbocycles. The van der Waals surface area contributed by atoms with E-state index < -0.39 is 0 Å². The highest BCUT2D eigenvalue weighted by Crippen LogP contribution is 2.28. The van der Waals surface area contributed by atoms with Crippen LogP contribution < -0.4 is 0 Å². The van der Waals surface area contributed by atoms with Gasteiger partial charge in [0.25, 0.3) is 0 Å². The maximum Gasteiger partial charge on any atom is 0.0667 e. The molecule has 0 bridgehead atoms. The highest BCUT2D eigenvalue weighted by atomic mass is 14.9. The summed E-state index contributed by atoms with van der Waals surface area (Å²) in [6.45, 7) is 6.66. The normalized spacial score (nSPS) is 12.3. The lowest BCUT2D eigenvalue weighted by Crippen LogP contribution is -2.11. The maximum absolute atomic E-state index is 4.29. The SMILES string of the molecule is Cn1ccc2c(C(C)(C)C)cncc21. The molecule has 14 heavy (non-hydrogen) atoms. The van der Waals surface area contributed by atoms with Gasteiger partial charge in [-0.15, -0.1) is 0 Å². The molecule has 2 rings (SSSR count). The summed E-state index contributed by atoms with van der Waals surface area (Å²) in [6.07, 6.45) is 5.98. The molecule has 0 spiro atoms. The summed E-state index contributed by atoms with van der Waals surface area (Å²) >= 11 is 0. The van der Waals surface area contributed by atoms with Crippen LogP contribution in [-0.2, 0) is 12.5 Å². The molecule has 0 atom stereocenters. The molecule has 2 heterocycles. The van der Waals surface area contributed by atoms with Crippen LogP contribution in [0.5, 0.6) is 0 Å². The van der Waals surface area contributed by atoms with Crippen LogP contribution in [0.4, 0.5) is 0 Å². The number of hydrogen-bond donors (Lipinski definition) is 0. The minimum atomic E-state index is 0.161. The molecule has 2 aromatic rings. The average Bonchev–Trinajstić information content (AvgIpc) is 2.46. The van der Waals surface area contributed by atoms with E-state index in [1.807, 2.05) is 12.4 Å². The number of nitrogens with zero attached hydrogens (tertiary/aromatic N) is 2. The zero-order chi connectivity index (χ0) is 10.3. The number of aromatic nitrogens is 2. The van der Waals surface area contributed by atoms with Crippen LogP contribution in [-0.4, -0.2) is 9.55 Å². The summed E-state index contributed by atoms with van der Waals surface area (Å²) in [7, 11) is 2.05. The minimum Gasteiger partial charge on any atom is -0.349 e. The number of aryl methyl sites for hydroxylation is 1. The molecule has 2 heteroatoms. The molecular formula is C12H16N2. The molecule has 0 aliphatic rings. The largest absolute Gasteiger partial charge is 0.349 e. The second-order valence-corrected chi connectivity index (χ2v) is 4.80. The van der Waals surface area contributed by atoms with Crippen LogP contribution in [0.25, 0.3) is 10.9 Å². The second-order valence-electron chi connectivity index (χ2n) is 4.80. The Labute approximate surface area is 84.6 Å². The zero-order valence-electron chi connectivity index (χ0n) is 9.20. The third-order valence-electron chi connectivity index (χ3n) is 2.62. The van der Waals surface area contributed by atoms with Crippen LogP contribution in [0.2, 0.25) is 0 Å². The van der Waals surface area contributed by atoms with Crippen molar-refractivity contribution in [2.75, 3.05) is 0 Å². The fourth-order valence-corrected chi connectivity index (χ4v) is 1.78. The highest BCUT2D eigenvalue weighted by Gasteiger charge is 2.17. The van der Waals surface area contributed by atoms with Gasteiger partial charge in [-0.05, 0) is 17.0 Å². The molecule has 0 unspecified atom stereocenters. The van der Waals surface area contributed by atoms with Crippen LogP contribution in [0, 0.1) is 0 Å². The molecule has 0 radical (unpaired) electrons. The predicted molar refractivity (Wildman–Crippen MR) is 59.4 cm³/mol. The van der Waals surface area contributed by atoms with Crippen LogP contribution >= 0.6 is 0 Å². The third kappa shape index (κ3) is 1.31. The van der Waals surface area contributed by atoms with Crippen molar-refractivity contribution in [1.82, 2.24) is 9.55 Å². The van der Waals surface area contributed by atoms with Gasteiger partial charge in [0, 0.05) is 24.8 Å². The molecular weight excluding hydrogens is 172 g/mol. The molecule has 74 valence electrons. The van der Waals surface area contributed by atoms with Crippen molar-refractivity contribution in [3.8, 4) is 0 Å². The summed E-state index contributed by atoms with van der Waals surface area (Å²) in [5.74, 6) is 0. The van der Waals surface area contributed by atoms with E-state index in [2.05, 4.69) is 49.6 Å². The van der Waals surface area contributed by atoms with E-state index in [-0.39, 0.29) is 5.41 Å². The van der Waals surface area contributed by atoms with Crippen LogP contribution in [0.15, 0.2) is 24.7 Å². The van der Waals surface area contributed by atoms with Crippen molar-refractivity contribution in [1.29, 1.82) is 0 Å². The van der Waals surface area contributed by atoms with Gasteiger partial charge in [0.1, 0.15) is 0 Å². The van der Waals surface area contributed by atoms with Gasteiger partial charge in [0.2, 0.25) is 0 Å². The van der Waals surface area contributed by atoms with Crippen LogP contribution in [0.1, 0.15) is 26.3 Å². The average molecular weight is 188 g/mol. The first-order valence-electron chi connectivity index (χ1n) is 4.89. The number of fused-ring (bicyclic) bond motifs is 1. The van der Waals surface area contributed by atoms with Crippen molar-refractivity contribution in [2.45, 2.75) is 26.2 Å². The van der Waals surface area contributed by atoms with Gasteiger partial charge in [-0.2, -0.15) is 0 Å². The van der Waals surface area contributed by atoms with Gasteiger partial charge in [-0.3, -0.25) is 4.98 Å². The van der Waals surface area contributed by atoms with Gasteiger partial charge in [0.05, 0.1) is 11.7 Å². The van der Waals surface area contributed by atoms with E-state index in [1.54, 1.807) is 0 Å². The molecule has 0 saturated carbocycles. The van der Waals surface area contributed by atoms with E-state index >= 15 is 0 Å². The van der Waals surface area contributed by atoms with Gasteiger partial charge >= 0.3 is 0 Å². The zero-order valence-corrected chi connectivity index (χ0v) is 9.20. The standard InChI is InChI=1S/C12H16N2/c1-12(2,3)10-7-13-8-11-9(10)5-6-14(11)4/h5-8H,1-4H3. The van der Waals surface area contributed by atoms with Crippen molar-refractivity contribution >= 4 is 10.9 Å². The molecule has 2 nitrogen and oxygen atoms in total. The first kappa shape index (κ1) is 9.25. The fourth-order valence-electron chi connectivity index (χ4n) is 1.78. The molecule has 0 N–H and O–H groups in total. The first-order valence-corrected chi connectivity index (χ1v) is 4.89.